The maximum absolute atomic E-state index is 5.70. The van der Waals surface area contributed by atoms with Crippen LogP contribution < -0.4 is 10.6 Å². The highest BCUT2D eigenvalue weighted by atomic mass is 127. The van der Waals surface area contributed by atoms with Crippen molar-refractivity contribution in [2.24, 2.45) is 10.9 Å². The first-order valence-electron chi connectivity index (χ1n) is 10.2. The molecule has 2 atom stereocenters. The molecule has 0 amide bonds. The molecule has 0 bridgehead atoms. The number of nitrogens with one attached hydrogen (secondary N) is 2. The third-order valence-electron chi connectivity index (χ3n) is 4.76. The lowest BCUT2D eigenvalue weighted by Crippen LogP contribution is -2.38. The Morgan fingerprint density at radius 2 is 2.08 bits per heavy atom. The molecule has 2 heterocycles. The van der Waals surface area contributed by atoms with Crippen LogP contribution in [0.1, 0.15) is 46.0 Å². The lowest BCUT2D eigenvalue weighted by molar-refractivity contribution is 0.0168. The average molecular weight is 482 g/mol. The molecule has 0 aromatic carbocycles. The minimum absolute atomic E-state index is 0. The summed E-state index contributed by atoms with van der Waals surface area (Å²) < 4.78 is 11.3. The molecule has 2 aliphatic rings. The SMILES string of the molecule is CCNC(=NCC(C)CN1CCCC1)NCCCOCC1CCCO1.I. The van der Waals surface area contributed by atoms with Gasteiger partial charge in [0.2, 0.25) is 0 Å². The van der Waals surface area contributed by atoms with Gasteiger partial charge in [0, 0.05) is 39.4 Å². The molecule has 6 nitrogen and oxygen atoms in total. The predicted octanol–water partition coefficient (Wildman–Crippen LogP) is 2.48. The molecule has 0 aromatic heterocycles. The zero-order valence-electron chi connectivity index (χ0n) is 16.7. The molecule has 26 heavy (non-hydrogen) atoms. The van der Waals surface area contributed by atoms with Gasteiger partial charge in [0.15, 0.2) is 5.96 Å². The Labute approximate surface area is 176 Å². The molecule has 2 aliphatic heterocycles. The van der Waals surface area contributed by atoms with Crippen molar-refractivity contribution >= 4 is 29.9 Å². The molecule has 154 valence electrons. The molecular formula is C19H39IN4O2. The fraction of sp³-hybridized carbons (Fsp3) is 0.947. The van der Waals surface area contributed by atoms with Crippen LogP contribution in [0.15, 0.2) is 4.99 Å². The maximum atomic E-state index is 5.70. The fourth-order valence-electron chi connectivity index (χ4n) is 3.42. The van der Waals surface area contributed by atoms with E-state index in [1.807, 2.05) is 0 Å². The number of ether oxygens (including phenoxy) is 2. The number of halogens is 1. The summed E-state index contributed by atoms with van der Waals surface area (Å²) in [7, 11) is 0. The number of guanidine groups is 1. The molecule has 7 heteroatoms. The van der Waals surface area contributed by atoms with E-state index in [4.69, 9.17) is 14.5 Å². The first-order chi connectivity index (χ1) is 12.3. The Hall–Kier alpha value is -0.120. The maximum Gasteiger partial charge on any atom is 0.191 e. The van der Waals surface area contributed by atoms with Crippen molar-refractivity contribution in [3.63, 3.8) is 0 Å². The largest absolute Gasteiger partial charge is 0.379 e. The molecule has 0 aliphatic carbocycles. The minimum Gasteiger partial charge on any atom is -0.379 e. The first-order valence-corrected chi connectivity index (χ1v) is 10.2. The molecule has 0 radical (unpaired) electrons. The van der Waals surface area contributed by atoms with Gasteiger partial charge in [-0.15, -0.1) is 24.0 Å². The van der Waals surface area contributed by atoms with Gasteiger partial charge in [-0.3, -0.25) is 4.99 Å². The summed E-state index contributed by atoms with van der Waals surface area (Å²) in [5, 5.41) is 6.74. The normalized spacial score (nSPS) is 22.2. The van der Waals surface area contributed by atoms with Gasteiger partial charge >= 0.3 is 0 Å². The third kappa shape index (κ3) is 10.3. The monoisotopic (exact) mass is 482 g/mol. The minimum atomic E-state index is 0. The van der Waals surface area contributed by atoms with Gasteiger partial charge in [-0.2, -0.15) is 0 Å². The lowest BCUT2D eigenvalue weighted by Gasteiger charge is -2.19. The van der Waals surface area contributed by atoms with Crippen molar-refractivity contribution in [3.05, 3.63) is 0 Å². The van der Waals surface area contributed by atoms with Crippen LogP contribution >= 0.6 is 24.0 Å². The van der Waals surface area contributed by atoms with Crippen LogP contribution in [0.3, 0.4) is 0 Å². The van der Waals surface area contributed by atoms with E-state index in [0.717, 1.165) is 58.3 Å². The Balaban J connectivity index is 0.00000338. The Bertz CT molecular complexity index is 373. The van der Waals surface area contributed by atoms with Crippen LogP contribution in [0.2, 0.25) is 0 Å². The molecule has 2 fully saturated rings. The van der Waals surface area contributed by atoms with Gasteiger partial charge in [0.1, 0.15) is 0 Å². The zero-order chi connectivity index (χ0) is 17.7. The van der Waals surface area contributed by atoms with E-state index in [1.54, 1.807) is 0 Å². The van der Waals surface area contributed by atoms with Crippen LogP contribution in [0, 0.1) is 5.92 Å². The van der Waals surface area contributed by atoms with E-state index >= 15 is 0 Å². The summed E-state index contributed by atoms with van der Waals surface area (Å²) in [5.41, 5.74) is 0. The second-order valence-corrected chi connectivity index (χ2v) is 7.32. The third-order valence-corrected chi connectivity index (χ3v) is 4.76. The van der Waals surface area contributed by atoms with Crippen molar-refractivity contribution in [1.82, 2.24) is 15.5 Å². The molecule has 0 aromatic rings. The van der Waals surface area contributed by atoms with E-state index < -0.39 is 0 Å². The molecule has 2 saturated heterocycles. The quantitative estimate of drug-likeness (QED) is 0.205. The standard InChI is InChI=1S/C19H38N4O2.HI/c1-3-20-19(22-14-17(2)15-23-10-4-5-11-23)21-9-7-12-24-16-18-8-6-13-25-18;/h17-18H,3-16H2,1-2H3,(H2,20,21,22);1H. The number of aliphatic imine (C=N–C) groups is 1. The van der Waals surface area contributed by atoms with Gasteiger partial charge in [-0.05, 0) is 58.0 Å². The van der Waals surface area contributed by atoms with Crippen LogP contribution in [0.5, 0.6) is 0 Å². The highest BCUT2D eigenvalue weighted by Crippen LogP contribution is 2.12. The smallest absolute Gasteiger partial charge is 0.191 e. The summed E-state index contributed by atoms with van der Waals surface area (Å²) in [4.78, 5) is 7.30. The fourth-order valence-corrected chi connectivity index (χ4v) is 3.42. The molecule has 2 N–H and O–H groups in total. The topological polar surface area (TPSA) is 58.1 Å². The van der Waals surface area contributed by atoms with E-state index in [0.29, 0.717) is 12.0 Å². The van der Waals surface area contributed by atoms with Crippen molar-refractivity contribution < 1.29 is 9.47 Å². The van der Waals surface area contributed by atoms with Crippen LogP contribution in [0.4, 0.5) is 0 Å². The molecule has 2 unspecified atom stereocenters. The summed E-state index contributed by atoms with van der Waals surface area (Å²) in [5.74, 6) is 1.53. The highest BCUT2D eigenvalue weighted by Gasteiger charge is 2.15. The molecular weight excluding hydrogens is 443 g/mol. The van der Waals surface area contributed by atoms with Gasteiger partial charge in [0.05, 0.1) is 12.7 Å². The van der Waals surface area contributed by atoms with Crippen molar-refractivity contribution in [3.8, 4) is 0 Å². The summed E-state index contributed by atoms with van der Waals surface area (Å²) in [6, 6.07) is 0. The predicted molar refractivity (Wildman–Crippen MR) is 119 cm³/mol. The Kier molecular flexibility index (Phi) is 13.7. The molecule has 0 saturated carbocycles. The van der Waals surface area contributed by atoms with Crippen LogP contribution in [-0.4, -0.2) is 76.1 Å². The summed E-state index contributed by atoms with van der Waals surface area (Å²) in [6.07, 6.45) is 6.34. The Morgan fingerprint density at radius 3 is 2.77 bits per heavy atom. The van der Waals surface area contributed by atoms with Crippen LogP contribution in [0.25, 0.3) is 0 Å². The van der Waals surface area contributed by atoms with E-state index in [-0.39, 0.29) is 24.0 Å². The summed E-state index contributed by atoms with van der Waals surface area (Å²) in [6.45, 7) is 13.2. The number of likely N-dealkylation sites (tertiary alicyclic amines) is 1. The second kappa shape index (κ2) is 14.9. The van der Waals surface area contributed by atoms with E-state index in [2.05, 4.69) is 29.4 Å². The number of hydrogen-bond acceptors (Lipinski definition) is 4. The number of nitrogens with zero attached hydrogens (tertiary/aromatic N) is 2. The van der Waals surface area contributed by atoms with Gasteiger partial charge in [-0.25, -0.2) is 0 Å². The van der Waals surface area contributed by atoms with Crippen molar-refractivity contribution in [2.45, 2.75) is 52.1 Å². The van der Waals surface area contributed by atoms with Gasteiger partial charge in [-0.1, -0.05) is 6.92 Å². The second-order valence-electron chi connectivity index (χ2n) is 7.32. The van der Waals surface area contributed by atoms with Crippen molar-refractivity contribution in [1.29, 1.82) is 0 Å². The lowest BCUT2D eigenvalue weighted by atomic mass is 10.2. The molecule has 2 rings (SSSR count). The average Bonchev–Trinajstić information content (AvgIpc) is 3.29. The Morgan fingerprint density at radius 1 is 1.27 bits per heavy atom. The van der Waals surface area contributed by atoms with Gasteiger partial charge in [0.25, 0.3) is 0 Å². The number of rotatable bonds is 11. The first kappa shape index (κ1) is 23.9. The molecule has 0 spiro atoms. The number of hydrogen-bond donors (Lipinski definition) is 2. The van der Waals surface area contributed by atoms with Crippen LogP contribution in [-0.2, 0) is 9.47 Å². The zero-order valence-corrected chi connectivity index (χ0v) is 19.0. The van der Waals surface area contributed by atoms with Crippen molar-refractivity contribution in [2.75, 3.05) is 59.1 Å². The van der Waals surface area contributed by atoms with E-state index in [9.17, 15) is 0 Å². The van der Waals surface area contributed by atoms with E-state index in [1.165, 1.54) is 38.9 Å². The highest BCUT2D eigenvalue weighted by molar-refractivity contribution is 14.0. The summed E-state index contributed by atoms with van der Waals surface area (Å²) >= 11 is 0. The van der Waals surface area contributed by atoms with Gasteiger partial charge < -0.3 is 25.0 Å².